The van der Waals surface area contributed by atoms with Gasteiger partial charge in [-0.2, -0.15) is 0 Å². The van der Waals surface area contributed by atoms with E-state index < -0.39 is 0 Å². The molecule has 2 rings (SSSR count). The second-order valence-corrected chi connectivity index (χ2v) is 5.87. The minimum Gasteiger partial charge on any atom is -0.397 e. The molecule has 2 nitrogen and oxygen atoms in total. The van der Waals surface area contributed by atoms with E-state index >= 15 is 0 Å². The van der Waals surface area contributed by atoms with Crippen LogP contribution in [0.25, 0.3) is 0 Å². The van der Waals surface area contributed by atoms with E-state index in [4.69, 9.17) is 17.3 Å². The van der Waals surface area contributed by atoms with Crippen LogP contribution in [-0.2, 0) is 0 Å². The quantitative estimate of drug-likeness (QED) is 0.581. The van der Waals surface area contributed by atoms with Crippen molar-refractivity contribution >= 4 is 45.6 Å². The number of hydrogen-bond donors (Lipinski definition) is 2. The van der Waals surface area contributed by atoms with E-state index in [2.05, 4.69) is 5.32 Å². The number of nitrogens with one attached hydrogen (secondary N) is 1. The molecular weight excluding hydrogens is 378 g/mol. The summed E-state index contributed by atoms with van der Waals surface area (Å²) in [5.41, 5.74) is 8.08. The van der Waals surface area contributed by atoms with Crippen LogP contribution in [-0.4, -0.2) is 0 Å². The average Bonchev–Trinajstić information content (AvgIpc) is 2.36. The van der Waals surface area contributed by atoms with Gasteiger partial charge in [0, 0.05) is 17.1 Å². The fourth-order valence-corrected chi connectivity index (χ4v) is 2.37. The number of hydrogen-bond acceptors (Lipinski definition) is 2. The first kappa shape index (κ1) is 14.4. The lowest BCUT2D eigenvalue weighted by atomic mass is 10.1. The first-order valence-corrected chi connectivity index (χ1v) is 7.19. The van der Waals surface area contributed by atoms with Crippen molar-refractivity contribution in [2.24, 2.45) is 0 Å². The summed E-state index contributed by atoms with van der Waals surface area (Å²) in [6, 6.07) is 10.6. The van der Waals surface area contributed by atoms with Crippen LogP contribution >= 0.6 is 34.2 Å². The van der Waals surface area contributed by atoms with Crippen molar-refractivity contribution in [3.8, 4) is 0 Å². The molecule has 19 heavy (non-hydrogen) atoms. The van der Waals surface area contributed by atoms with Crippen molar-refractivity contribution in [2.75, 3.05) is 11.1 Å². The maximum atomic E-state index is 13.5. The smallest absolute Gasteiger partial charge is 0.138 e. The van der Waals surface area contributed by atoms with Crippen molar-refractivity contribution in [1.29, 1.82) is 0 Å². The van der Waals surface area contributed by atoms with E-state index in [1.807, 2.05) is 53.8 Å². The molecule has 0 radical (unpaired) electrons. The zero-order chi connectivity index (χ0) is 14.0. The summed E-state index contributed by atoms with van der Waals surface area (Å²) in [6.45, 7) is 1.98. The third-order valence-electron chi connectivity index (χ3n) is 2.83. The van der Waals surface area contributed by atoms with Gasteiger partial charge in [0.05, 0.1) is 14.9 Å². The highest BCUT2D eigenvalue weighted by Gasteiger charge is 2.10. The van der Waals surface area contributed by atoms with E-state index in [1.165, 1.54) is 6.07 Å². The van der Waals surface area contributed by atoms with Crippen LogP contribution in [0.3, 0.4) is 0 Å². The molecule has 2 aromatic rings. The zero-order valence-corrected chi connectivity index (χ0v) is 13.2. The first-order valence-electron chi connectivity index (χ1n) is 5.74. The summed E-state index contributed by atoms with van der Waals surface area (Å²) in [5, 5.41) is 3.89. The van der Waals surface area contributed by atoms with Gasteiger partial charge in [0.1, 0.15) is 5.82 Å². The molecule has 0 heterocycles. The Morgan fingerprint density at radius 2 is 1.89 bits per heavy atom. The van der Waals surface area contributed by atoms with E-state index in [9.17, 15) is 4.39 Å². The molecule has 100 valence electrons. The predicted molar refractivity (Wildman–Crippen MR) is 87.0 cm³/mol. The molecule has 0 fully saturated rings. The second-order valence-electron chi connectivity index (χ2n) is 4.27. The van der Waals surface area contributed by atoms with Gasteiger partial charge < -0.3 is 11.1 Å². The molecular formula is C14H13ClFIN2. The van der Waals surface area contributed by atoms with E-state index in [-0.39, 0.29) is 11.9 Å². The monoisotopic (exact) mass is 390 g/mol. The molecule has 0 saturated carbocycles. The maximum absolute atomic E-state index is 13.5. The summed E-state index contributed by atoms with van der Waals surface area (Å²) >= 11 is 7.77. The lowest BCUT2D eigenvalue weighted by Crippen LogP contribution is -2.09. The predicted octanol–water partition coefficient (Wildman–Crippen LogP) is 4.84. The molecule has 0 aromatic heterocycles. The highest BCUT2D eigenvalue weighted by atomic mass is 127. The summed E-state index contributed by atoms with van der Waals surface area (Å²) in [4.78, 5) is 0. The van der Waals surface area contributed by atoms with Crippen LogP contribution < -0.4 is 11.1 Å². The van der Waals surface area contributed by atoms with E-state index in [1.54, 1.807) is 6.07 Å². The lowest BCUT2D eigenvalue weighted by Gasteiger charge is -2.17. The Bertz CT molecular complexity index is 587. The Kier molecular flexibility index (Phi) is 4.52. The fourth-order valence-electron chi connectivity index (χ4n) is 1.76. The van der Waals surface area contributed by atoms with Crippen molar-refractivity contribution in [1.82, 2.24) is 0 Å². The third-order valence-corrected chi connectivity index (χ3v) is 3.91. The summed E-state index contributed by atoms with van der Waals surface area (Å²) < 4.78 is 14.1. The largest absolute Gasteiger partial charge is 0.397 e. The van der Waals surface area contributed by atoms with Gasteiger partial charge in [-0.3, -0.25) is 0 Å². The minimum atomic E-state index is -0.277. The van der Waals surface area contributed by atoms with Gasteiger partial charge in [-0.05, 0) is 53.3 Å². The molecule has 0 aliphatic rings. The van der Waals surface area contributed by atoms with Crippen molar-refractivity contribution in [3.63, 3.8) is 0 Å². The van der Waals surface area contributed by atoms with Gasteiger partial charge in [-0.15, -0.1) is 0 Å². The van der Waals surface area contributed by atoms with E-state index in [0.717, 1.165) is 5.56 Å². The Balaban J connectivity index is 2.21. The van der Waals surface area contributed by atoms with Crippen LogP contribution in [0.1, 0.15) is 18.5 Å². The Morgan fingerprint density at radius 3 is 2.53 bits per heavy atom. The van der Waals surface area contributed by atoms with Gasteiger partial charge >= 0.3 is 0 Å². The number of nitrogens with two attached hydrogens (primary N) is 1. The van der Waals surface area contributed by atoms with Crippen LogP contribution in [0.5, 0.6) is 0 Å². The topological polar surface area (TPSA) is 38.0 Å². The highest BCUT2D eigenvalue weighted by Crippen LogP contribution is 2.28. The normalized spacial score (nSPS) is 12.2. The summed E-state index contributed by atoms with van der Waals surface area (Å²) in [6.07, 6.45) is 0. The molecule has 2 aromatic carbocycles. The minimum absolute atomic E-state index is 0.0130. The summed E-state index contributed by atoms with van der Waals surface area (Å²) in [5.74, 6) is -0.277. The zero-order valence-electron chi connectivity index (χ0n) is 10.3. The Hall–Kier alpha value is -1.01. The van der Waals surface area contributed by atoms with E-state index in [0.29, 0.717) is 20.0 Å². The molecule has 0 aliphatic heterocycles. The molecule has 0 spiro atoms. The van der Waals surface area contributed by atoms with Gasteiger partial charge in [0.2, 0.25) is 0 Å². The third kappa shape index (κ3) is 3.51. The second kappa shape index (κ2) is 5.96. The molecule has 0 amide bonds. The molecule has 1 atom stereocenters. The number of halogens is 3. The molecule has 5 heteroatoms. The van der Waals surface area contributed by atoms with Gasteiger partial charge in [-0.1, -0.05) is 23.7 Å². The van der Waals surface area contributed by atoms with Crippen molar-refractivity contribution in [2.45, 2.75) is 13.0 Å². The average molecular weight is 391 g/mol. The number of rotatable bonds is 3. The maximum Gasteiger partial charge on any atom is 0.138 e. The van der Waals surface area contributed by atoms with Crippen molar-refractivity contribution < 1.29 is 4.39 Å². The van der Waals surface area contributed by atoms with Crippen LogP contribution in [0, 0.1) is 9.39 Å². The molecule has 1 unspecified atom stereocenters. The fraction of sp³-hybridized carbons (Fsp3) is 0.143. The van der Waals surface area contributed by atoms with Crippen LogP contribution in [0.4, 0.5) is 15.8 Å². The van der Waals surface area contributed by atoms with Crippen molar-refractivity contribution in [3.05, 3.63) is 56.4 Å². The number of nitrogen functional groups attached to an aromatic ring is 1. The number of anilines is 2. The molecule has 0 bridgehead atoms. The van der Waals surface area contributed by atoms with Gasteiger partial charge in [-0.25, -0.2) is 4.39 Å². The van der Waals surface area contributed by atoms with Crippen LogP contribution in [0.15, 0.2) is 36.4 Å². The summed E-state index contributed by atoms with van der Waals surface area (Å²) in [7, 11) is 0. The Morgan fingerprint density at radius 1 is 1.26 bits per heavy atom. The molecule has 3 N–H and O–H groups in total. The molecule has 0 saturated heterocycles. The number of benzene rings is 2. The van der Waals surface area contributed by atoms with Gasteiger partial charge in [0.25, 0.3) is 0 Å². The van der Waals surface area contributed by atoms with Crippen LogP contribution in [0.2, 0.25) is 5.02 Å². The lowest BCUT2D eigenvalue weighted by molar-refractivity contribution is 0.620. The first-order chi connectivity index (χ1) is 8.97. The standard InChI is InChI=1S/C14H13ClFIN2/c1-8(9-2-4-10(15)5-3-9)19-14-6-11(16)12(17)7-13(14)18/h2-8,19H,18H2,1H3. The highest BCUT2D eigenvalue weighted by molar-refractivity contribution is 14.1. The SMILES string of the molecule is CC(Nc1cc(F)c(I)cc1N)c1ccc(Cl)cc1. The van der Waals surface area contributed by atoms with Gasteiger partial charge in [0.15, 0.2) is 0 Å². The molecule has 0 aliphatic carbocycles. The Labute approximate surface area is 130 Å².